The van der Waals surface area contributed by atoms with Gasteiger partial charge in [-0.2, -0.15) is 5.10 Å². The van der Waals surface area contributed by atoms with Gasteiger partial charge in [0, 0.05) is 56.4 Å². The number of imidazole rings is 1. The van der Waals surface area contributed by atoms with E-state index in [1.807, 2.05) is 0 Å². The molecule has 2 N–H and O–H groups in total. The van der Waals surface area contributed by atoms with Crippen molar-refractivity contribution in [1.82, 2.24) is 19.3 Å². The quantitative estimate of drug-likeness (QED) is 0.366. The van der Waals surface area contributed by atoms with Crippen LogP contribution in [0.3, 0.4) is 0 Å². The van der Waals surface area contributed by atoms with Crippen molar-refractivity contribution in [3.63, 3.8) is 0 Å². The minimum Gasteiger partial charge on any atom is -0.386 e. The molecular formula is C17H18N6O4. The monoisotopic (exact) mass is 370 g/mol. The summed E-state index contributed by atoms with van der Waals surface area (Å²) in [7, 11) is 3.40. The fourth-order valence-electron chi connectivity index (χ4n) is 2.62. The summed E-state index contributed by atoms with van der Waals surface area (Å²) in [6.45, 7) is 0.0548. The van der Waals surface area contributed by atoms with Gasteiger partial charge >= 0.3 is 0 Å². The third-order valence-electron chi connectivity index (χ3n) is 4.08. The molecule has 3 rings (SSSR count). The van der Waals surface area contributed by atoms with Gasteiger partial charge in [-0.3, -0.25) is 19.6 Å². The molecule has 0 aliphatic rings. The number of rotatable bonds is 7. The molecule has 10 heteroatoms. The molecule has 140 valence electrons. The molecule has 0 fully saturated rings. The predicted octanol–water partition coefficient (Wildman–Crippen LogP) is 1.44. The molecule has 2 aromatic heterocycles. The first-order chi connectivity index (χ1) is 12.9. The molecule has 1 aromatic carbocycles. The van der Waals surface area contributed by atoms with Gasteiger partial charge < -0.3 is 15.0 Å². The molecule has 10 nitrogen and oxygen atoms in total. The Hall–Kier alpha value is -3.53. The lowest BCUT2D eigenvalue weighted by atomic mass is 10.1. The highest BCUT2D eigenvalue weighted by atomic mass is 16.6. The first-order valence-corrected chi connectivity index (χ1v) is 8.07. The minimum atomic E-state index is -0.882. The Morgan fingerprint density at radius 3 is 2.78 bits per heavy atom. The molecule has 0 aliphatic heterocycles. The van der Waals surface area contributed by atoms with E-state index in [9.17, 15) is 20.0 Å². The van der Waals surface area contributed by atoms with Crippen LogP contribution in [0.2, 0.25) is 0 Å². The average molecular weight is 370 g/mol. The molecule has 3 aromatic rings. The summed E-state index contributed by atoms with van der Waals surface area (Å²) in [4.78, 5) is 27.3. The van der Waals surface area contributed by atoms with Gasteiger partial charge in [0.2, 0.25) is 5.78 Å². The van der Waals surface area contributed by atoms with Crippen LogP contribution in [0.25, 0.3) is 0 Å². The second kappa shape index (κ2) is 7.38. The largest absolute Gasteiger partial charge is 0.386 e. The van der Waals surface area contributed by atoms with Gasteiger partial charge in [-0.25, -0.2) is 4.98 Å². The Morgan fingerprint density at radius 2 is 2.19 bits per heavy atom. The molecular weight excluding hydrogens is 352 g/mol. The first kappa shape index (κ1) is 18.3. The lowest BCUT2D eigenvalue weighted by Crippen LogP contribution is -2.14. The van der Waals surface area contributed by atoms with Crippen LogP contribution in [0.4, 0.5) is 11.4 Å². The number of aryl methyl sites for hydroxylation is 2. The molecule has 0 radical (unpaired) electrons. The third kappa shape index (κ3) is 3.85. The van der Waals surface area contributed by atoms with Crippen LogP contribution < -0.4 is 5.32 Å². The Morgan fingerprint density at radius 1 is 1.41 bits per heavy atom. The number of carbonyl (C=O) groups excluding carboxylic acids is 1. The van der Waals surface area contributed by atoms with Crippen molar-refractivity contribution >= 4 is 17.2 Å². The molecule has 1 atom stereocenters. The van der Waals surface area contributed by atoms with E-state index in [2.05, 4.69) is 15.4 Å². The van der Waals surface area contributed by atoms with Crippen LogP contribution in [0, 0.1) is 10.1 Å². The van der Waals surface area contributed by atoms with Crippen LogP contribution in [-0.2, 0) is 14.1 Å². The second-order valence-electron chi connectivity index (χ2n) is 6.02. The summed E-state index contributed by atoms with van der Waals surface area (Å²) in [5.74, 6) is -0.218. The molecule has 27 heavy (non-hydrogen) atoms. The van der Waals surface area contributed by atoms with Crippen molar-refractivity contribution in [2.24, 2.45) is 14.1 Å². The normalized spacial score (nSPS) is 12.0. The number of nitro benzene ring substituents is 1. The van der Waals surface area contributed by atoms with E-state index in [4.69, 9.17) is 0 Å². The van der Waals surface area contributed by atoms with Gasteiger partial charge in [0.15, 0.2) is 5.82 Å². The Labute approximate surface area is 154 Å². The number of ketones is 1. The number of nitro groups is 1. The van der Waals surface area contributed by atoms with Crippen LogP contribution in [-0.4, -0.2) is 41.7 Å². The van der Waals surface area contributed by atoms with Crippen LogP contribution in [0.15, 0.2) is 43.0 Å². The maximum atomic E-state index is 12.5. The van der Waals surface area contributed by atoms with Gasteiger partial charge in [-0.15, -0.1) is 0 Å². The predicted molar refractivity (Wildman–Crippen MR) is 96.4 cm³/mol. The Balaban J connectivity index is 1.81. The number of aromatic nitrogens is 4. The summed E-state index contributed by atoms with van der Waals surface area (Å²) in [5.41, 5.74) is 0.705. The zero-order valence-electron chi connectivity index (χ0n) is 14.7. The highest BCUT2D eigenvalue weighted by Gasteiger charge is 2.21. The third-order valence-corrected chi connectivity index (χ3v) is 4.08. The zero-order valence-corrected chi connectivity index (χ0v) is 14.7. The van der Waals surface area contributed by atoms with E-state index < -0.39 is 16.8 Å². The molecule has 0 spiro atoms. The van der Waals surface area contributed by atoms with Crippen molar-refractivity contribution in [2.75, 3.05) is 11.9 Å². The Bertz CT molecular complexity index is 993. The van der Waals surface area contributed by atoms with Gasteiger partial charge in [0.05, 0.1) is 17.2 Å². The fourth-order valence-corrected chi connectivity index (χ4v) is 2.62. The SMILES string of the molecule is Cn1cc(C(O)CNc2ccc(C(=O)c3nccn3C)cc2[N+](=O)[O-])cn1. The fraction of sp³-hybridized carbons (Fsp3) is 0.235. The number of nitrogens with zero attached hydrogens (tertiary/aromatic N) is 5. The number of hydrogen-bond donors (Lipinski definition) is 2. The van der Waals surface area contributed by atoms with Crippen molar-refractivity contribution < 1.29 is 14.8 Å². The van der Waals surface area contributed by atoms with Crippen LogP contribution in [0.1, 0.15) is 27.8 Å². The van der Waals surface area contributed by atoms with E-state index in [1.54, 1.807) is 35.7 Å². The lowest BCUT2D eigenvalue weighted by Gasteiger charge is -2.12. The topological polar surface area (TPSA) is 128 Å². The van der Waals surface area contributed by atoms with E-state index in [0.717, 1.165) is 0 Å². The lowest BCUT2D eigenvalue weighted by molar-refractivity contribution is -0.384. The van der Waals surface area contributed by atoms with Crippen LogP contribution in [0.5, 0.6) is 0 Å². The molecule has 0 saturated carbocycles. The van der Waals surface area contributed by atoms with E-state index in [-0.39, 0.29) is 29.3 Å². The van der Waals surface area contributed by atoms with Crippen molar-refractivity contribution in [3.05, 3.63) is 70.1 Å². The highest BCUT2D eigenvalue weighted by Crippen LogP contribution is 2.27. The number of benzene rings is 1. The minimum absolute atomic E-state index is 0.0548. The van der Waals surface area contributed by atoms with E-state index in [1.165, 1.54) is 30.6 Å². The number of aliphatic hydroxyl groups excluding tert-OH is 1. The average Bonchev–Trinajstić information content (AvgIpc) is 3.27. The maximum Gasteiger partial charge on any atom is 0.293 e. The summed E-state index contributed by atoms with van der Waals surface area (Å²) >= 11 is 0. The second-order valence-corrected chi connectivity index (χ2v) is 6.02. The highest BCUT2D eigenvalue weighted by molar-refractivity contribution is 6.07. The zero-order chi connectivity index (χ0) is 19.6. The van der Waals surface area contributed by atoms with E-state index in [0.29, 0.717) is 5.56 Å². The molecule has 0 saturated heterocycles. The van der Waals surface area contributed by atoms with Crippen molar-refractivity contribution in [2.45, 2.75) is 6.10 Å². The summed E-state index contributed by atoms with van der Waals surface area (Å²) in [6, 6.07) is 4.14. The number of carbonyl (C=O) groups is 1. The Kier molecular flexibility index (Phi) is 4.99. The van der Waals surface area contributed by atoms with Gasteiger partial charge in [0.25, 0.3) is 5.69 Å². The summed E-state index contributed by atoms with van der Waals surface area (Å²) in [6.07, 6.45) is 5.41. The molecule has 0 aliphatic carbocycles. The maximum absolute atomic E-state index is 12.5. The number of hydrogen-bond acceptors (Lipinski definition) is 7. The molecule has 0 amide bonds. The number of nitrogens with one attached hydrogen (secondary N) is 1. The van der Waals surface area contributed by atoms with E-state index >= 15 is 0 Å². The summed E-state index contributed by atoms with van der Waals surface area (Å²) in [5, 5.41) is 28.4. The smallest absolute Gasteiger partial charge is 0.293 e. The van der Waals surface area contributed by atoms with Crippen molar-refractivity contribution in [1.29, 1.82) is 0 Å². The summed E-state index contributed by atoms with van der Waals surface area (Å²) < 4.78 is 3.10. The first-order valence-electron chi connectivity index (χ1n) is 8.07. The van der Waals surface area contributed by atoms with Gasteiger partial charge in [0.1, 0.15) is 5.69 Å². The van der Waals surface area contributed by atoms with Gasteiger partial charge in [-0.05, 0) is 12.1 Å². The van der Waals surface area contributed by atoms with Gasteiger partial charge in [-0.1, -0.05) is 0 Å². The molecule has 2 heterocycles. The number of aliphatic hydroxyl groups is 1. The molecule has 0 bridgehead atoms. The number of anilines is 1. The van der Waals surface area contributed by atoms with Crippen molar-refractivity contribution in [3.8, 4) is 0 Å². The van der Waals surface area contributed by atoms with Crippen LogP contribution >= 0.6 is 0 Å². The standard InChI is InChI=1S/C17H18N6O4/c1-21-6-5-18-17(21)16(25)11-3-4-13(14(7-11)23(26)27)19-9-15(24)12-8-20-22(2)10-12/h3-8,10,15,19,24H,9H2,1-2H3. The molecule has 1 unspecified atom stereocenters.